The number of hydrogen-bond donors (Lipinski definition) is 1. The third kappa shape index (κ3) is 41.3. The van der Waals surface area contributed by atoms with Crippen molar-refractivity contribution in [2.45, 2.75) is 218 Å². The molecule has 0 aliphatic carbocycles. The molecule has 1 N–H and O–H groups in total. The molecule has 4 nitrogen and oxygen atoms in total. The fourth-order valence-electron chi connectivity index (χ4n) is 6.59. The molecule has 0 atom stereocenters. The standard InChI is InChI=1S/C36H75N.C7H8O3S/c1-4-5-6-7-8-9-10-11-12-13-14-15-16-17-18-19-20-21-22-23-24-25-26-27-28-29-30-31-32-33-34-35-36-37(2)3;8-11(9,10)6-7-4-2-1-3-5-7/h4-36H2,1-3H3;1-5H,6H2,(H,8,9,10). The molecule has 0 unspecified atom stereocenters. The molecule has 0 spiro atoms. The van der Waals surface area contributed by atoms with Gasteiger partial charge in [-0.15, -0.1) is 0 Å². The lowest BCUT2D eigenvalue weighted by Gasteiger charge is -2.08. The Bertz CT molecular complexity index is 843. The smallest absolute Gasteiger partial charge is 0.269 e. The molecule has 284 valence electrons. The predicted octanol–water partition coefficient (Wildman–Crippen LogP) is 14.1. The molecule has 48 heavy (non-hydrogen) atoms. The Morgan fingerprint density at radius 1 is 0.438 bits per heavy atom. The summed E-state index contributed by atoms with van der Waals surface area (Å²) in [6.07, 6.45) is 47.3. The Kier molecular flexibility index (Phi) is 36.6. The number of rotatable bonds is 35. The summed E-state index contributed by atoms with van der Waals surface area (Å²) in [5.41, 5.74) is 0.593. The van der Waals surface area contributed by atoms with Gasteiger partial charge in [0.05, 0.1) is 0 Å². The molecule has 0 fully saturated rings. The summed E-state index contributed by atoms with van der Waals surface area (Å²) < 4.78 is 29.2. The summed E-state index contributed by atoms with van der Waals surface area (Å²) in [6.45, 7) is 3.57. The SMILES string of the molecule is CCCCCCCCCCCCCCCCCCCCCCCCCCCCCCCCCCN(C)C.O=S(=O)(O)Cc1ccccc1. The molecule has 1 aromatic carbocycles. The Hall–Kier alpha value is -0.910. The van der Waals surface area contributed by atoms with Crippen LogP contribution < -0.4 is 0 Å². The maximum absolute atomic E-state index is 10.4. The van der Waals surface area contributed by atoms with E-state index in [-0.39, 0.29) is 5.75 Å². The molecule has 1 rings (SSSR count). The Labute approximate surface area is 301 Å². The zero-order valence-corrected chi connectivity index (χ0v) is 33.4. The molecular weight excluding hydrogens is 611 g/mol. The minimum absolute atomic E-state index is 0.312. The van der Waals surface area contributed by atoms with Gasteiger partial charge in [0.15, 0.2) is 0 Å². The molecule has 0 bridgehead atoms. The van der Waals surface area contributed by atoms with Gasteiger partial charge in [-0.05, 0) is 32.6 Å². The van der Waals surface area contributed by atoms with E-state index in [4.69, 9.17) is 4.55 Å². The zero-order valence-electron chi connectivity index (χ0n) is 32.5. The normalized spacial score (nSPS) is 11.6. The van der Waals surface area contributed by atoms with E-state index >= 15 is 0 Å². The van der Waals surface area contributed by atoms with Gasteiger partial charge >= 0.3 is 0 Å². The van der Waals surface area contributed by atoms with Gasteiger partial charge in [-0.3, -0.25) is 4.55 Å². The minimum atomic E-state index is -3.88. The van der Waals surface area contributed by atoms with Gasteiger partial charge in [-0.2, -0.15) is 8.42 Å². The highest BCUT2D eigenvalue weighted by molar-refractivity contribution is 7.85. The van der Waals surface area contributed by atoms with Crippen molar-refractivity contribution in [1.29, 1.82) is 0 Å². The average Bonchev–Trinajstić information content (AvgIpc) is 3.05. The van der Waals surface area contributed by atoms with Crippen LogP contribution >= 0.6 is 0 Å². The Morgan fingerprint density at radius 3 is 0.917 bits per heavy atom. The molecule has 0 radical (unpaired) electrons. The third-order valence-electron chi connectivity index (χ3n) is 9.65. The van der Waals surface area contributed by atoms with Crippen LogP contribution in [0.3, 0.4) is 0 Å². The fraction of sp³-hybridized carbons (Fsp3) is 0.860. The van der Waals surface area contributed by atoms with Crippen LogP contribution in [-0.4, -0.2) is 38.5 Å². The number of nitrogens with zero attached hydrogens (tertiary/aromatic N) is 1. The predicted molar refractivity (Wildman–Crippen MR) is 214 cm³/mol. The van der Waals surface area contributed by atoms with E-state index in [0.29, 0.717) is 5.56 Å². The summed E-state index contributed by atoms with van der Waals surface area (Å²) >= 11 is 0. The minimum Gasteiger partial charge on any atom is -0.309 e. The van der Waals surface area contributed by atoms with Gasteiger partial charge < -0.3 is 4.90 Å². The van der Waals surface area contributed by atoms with E-state index in [2.05, 4.69) is 25.9 Å². The maximum atomic E-state index is 10.4. The van der Waals surface area contributed by atoms with Crippen molar-refractivity contribution >= 4 is 10.1 Å². The van der Waals surface area contributed by atoms with Gasteiger partial charge in [0.25, 0.3) is 10.1 Å². The van der Waals surface area contributed by atoms with Crippen LogP contribution in [0.4, 0.5) is 0 Å². The summed E-state index contributed by atoms with van der Waals surface area (Å²) in [5.74, 6) is -0.312. The van der Waals surface area contributed by atoms with E-state index in [1.54, 1.807) is 30.3 Å². The van der Waals surface area contributed by atoms with Crippen LogP contribution in [0, 0.1) is 0 Å². The van der Waals surface area contributed by atoms with Crippen molar-refractivity contribution < 1.29 is 13.0 Å². The second-order valence-electron chi connectivity index (χ2n) is 15.0. The van der Waals surface area contributed by atoms with E-state index in [1.165, 1.54) is 212 Å². The van der Waals surface area contributed by atoms with Gasteiger partial charge in [0, 0.05) is 0 Å². The van der Waals surface area contributed by atoms with Crippen LogP contribution in [0.25, 0.3) is 0 Å². The molecule has 0 amide bonds. The van der Waals surface area contributed by atoms with Crippen LogP contribution in [-0.2, 0) is 15.9 Å². The average molecular weight is 694 g/mol. The lowest BCUT2D eigenvalue weighted by Crippen LogP contribution is -2.12. The second-order valence-corrected chi connectivity index (χ2v) is 16.4. The van der Waals surface area contributed by atoms with Gasteiger partial charge in [-0.1, -0.05) is 236 Å². The van der Waals surface area contributed by atoms with Crippen LogP contribution in [0.1, 0.15) is 218 Å². The van der Waals surface area contributed by atoms with Crippen LogP contribution in [0.2, 0.25) is 0 Å². The fourth-order valence-corrected chi connectivity index (χ4v) is 7.20. The van der Waals surface area contributed by atoms with Crippen molar-refractivity contribution in [3.05, 3.63) is 35.9 Å². The molecular formula is C43H83NO3S. The van der Waals surface area contributed by atoms with Gasteiger partial charge in [-0.25, -0.2) is 0 Å². The lowest BCUT2D eigenvalue weighted by atomic mass is 10.0. The maximum Gasteiger partial charge on any atom is 0.269 e. The van der Waals surface area contributed by atoms with E-state index in [9.17, 15) is 8.42 Å². The first-order valence-electron chi connectivity index (χ1n) is 21.0. The highest BCUT2D eigenvalue weighted by Gasteiger charge is 2.04. The summed E-state index contributed by atoms with van der Waals surface area (Å²) in [7, 11) is 0.490. The monoisotopic (exact) mass is 694 g/mol. The summed E-state index contributed by atoms with van der Waals surface area (Å²) in [4.78, 5) is 2.31. The van der Waals surface area contributed by atoms with Crippen molar-refractivity contribution in [3.8, 4) is 0 Å². The third-order valence-corrected chi connectivity index (χ3v) is 10.3. The van der Waals surface area contributed by atoms with Crippen LogP contribution in [0.5, 0.6) is 0 Å². The quantitative estimate of drug-likeness (QED) is 0.0568. The van der Waals surface area contributed by atoms with Gasteiger partial charge in [0.1, 0.15) is 5.75 Å². The van der Waals surface area contributed by atoms with Crippen molar-refractivity contribution in [1.82, 2.24) is 4.90 Å². The first-order chi connectivity index (χ1) is 23.3. The second kappa shape index (κ2) is 37.3. The molecule has 0 aliphatic rings. The van der Waals surface area contributed by atoms with E-state index in [0.717, 1.165) is 0 Å². The zero-order chi connectivity index (χ0) is 35.2. The first-order valence-corrected chi connectivity index (χ1v) is 22.6. The van der Waals surface area contributed by atoms with Crippen molar-refractivity contribution in [3.63, 3.8) is 0 Å². The lowest BCUT2D eigenvalue weighted by molar-refractivity contribution is 0.389. The summed E-state index contributed by atoms with van der Waals surface area (Å²) in [5, 5.41) is 0. The number of hydrogen-bond acceptors (Lipinski definition) is 3. The molecule has 0 saturated heterocycles. The number of benzene rings is 1. The van der Waals surface area contributed by atoms with Gasteiger partial charge in [0.2, 0.25) is 0 Å². The highest BCUT2D eigenvalue weighted by Crippen LogP contribution is 2.17. The van der Waals surface area contributed by atoms with Crippen molar-refractivity contribution in [2.75, 3.05) is 20.6 Å². The Morgan fingerprint density at radius 2 is 0.688 bits per heavy atom. The first kappa shape index (κ1) is 47.1. The van der Waals surface area contributed by atoms with Crippen LogP contribution in [0.15, 0.2) is 30.3 Å². The van der Waals surface area contributed by atoms with E-state index < -0.39 is 10.1 Å². The van der Waals surface area contributed by atoms with E-state index in [1.807, 2.05) is 0 Å². The molecule has 0 aliphatic heterocycles. The molecule has 1 aromatic rings. The Balaban J connectivity index is 0.00000168. The highest BCUT2D eigenvalue weighted by atomic mass is 32.2. The topological polar surface area (TPSA) is 57.6 Å². The molecule has 0 aromatic heterocycles. The summed E-state index contributed by atoms with van der Waals surface area (Å²) in [6, 6.07) is 8.52. The molecule has 5 heteroatoms. The largest absolute Gasteiger partial charge is 0.309 e. The molecule has 0 saturated carbocycles. The number of unbranched alkanes of at least 4 members (excludes halogenated alkanes) is 31. The molecule has 0 heterocycles. The van der Waals surface area contributed by atoms with Crippen molar-refractivity contribution in [2.24, 2.45) is 0 Å².